The molecule has 1 aromatic heterocycles. The maximum absolute atomic E-state index is 12.7. The molecule has 1 aromatic carbocycles. The van der Waals surface area contributed by atoms with E-state index in [9.17, 15) is 9.59 Å². The van der Waals surface area contributed by atoms with Crippen molar-refractivity contribution in [1.82, 2.24) is 19.7 Å². The second-order valence-corrected chi connectivity index (χ2v) is 7.60. The summed E-state index contributed by atoms with van der Waals surface area (Å²) in [5.41, 5.74) is 7.03. The number of hydrogen-bond acceptors (Lipinski definition) is 4. The number of nitrogens with zero attached hydrogens (tertiary/aromatic N) is 4. The molecule has 0 unspecified atom stereocenters. The van der Waals surface area contributed by atoms with Crippen LogP contribution in [0.5, 0.6) is 0 Å². The molecule has 3 N–H and O–H groups in total. The number of anilines is 1. The molecule has 1 atom stereocenters. The molecular formula is C20H26N6O2. The number of nitrogens with one attached hydrogen (secondary N) is 1. The summed E-state index contributed by atoms with van der Waals surface area (Å²) in [6.45, 7) is 1.92. The Balaban J connectivity index is 1.49. The van der Waals surface area contributed by atoms with Gasteiger partial charge in [0.2, 0.25) is 5.91 Å². The van der Waals surface area contributed by atoms with Gasteiger partial charge in [0.05, 0.1) is 5.92 Å². The van der Waals surface area contributed by atoms with Crippen molar-refractivity contribution < 1.29 is 9.59 Å². The zero-order valence-corrected chi connectivity index (χ0v) is 15.9. The number of benzene rings is 1. The first-order chi connectivity index (χ1) is 13.6. The van der Waals surface area contributed by atoms with Crippen LogP contribution in [0.15, 0.2) is 24.3 Å². The molecular weight excluding hydrogens is 356 g/mol. The van der Waals surface area contributed by atoms with Crippen molar-refractivity contribution >= 4 is 17.6 Å². The molecule has 2 aliphatic heterocycles. The minimum Gasteiger partial charge on any atom is -0.351 e. The van der Waals surface area contributed by atoms with Crippen molar-refractivity contribution in [3.63, 3.8) is 0 Å². The molecule has 8 heteroatoms. The highest BCUT2D eigenvalue weighted by Crippen LogP contribution is 2.25. The summed E-state index contributed by atoms with van der Waals surface area (Å²) >= 11 is 0. The van der Waals surface area contributed by atoms with Gasteiger partial charge in [-0.25, -0.2) is 4.79 Å². The van der Waals surface area contributed by atoms with Gasteiger partial charge in [-0.15, -0.1) is 10.2 Å². The minimum absolute atomic E-state index is 0.0804. The monoisotopic (exact) mass is 382 g/mol. The fourth-order valence-electron chi connectivity index (χ4n) is 4.07. The van der Waals surface area contributed by atoms with Crippen molar-refractivity contribution in [1.29, 1.82) is 0 Å². The number of nitrogens with two attached hydrogens (primary N) is 1. The van der Waals surface area contributed by atoms with E-state index in [-0.39, 0.29) is 11.8 Å². The van der Waals surface area contributed by atoms with Crippen LogP contribution in [0.1, 0.15) is 37.9 Å². The Labute approximate surface area is 164 Å². The number of likely N-dealkylation sites (tertiary alicyclic amines) is 1. The van der Waals surface area contributed by atoms with E-state index < -0.39 is 6.03 Å². The van der Waals surface area contributed by atoms with Crippen molar-refractivity contribution in [2.24, 2.45) is 11.7 Å². The van der Waals surface area contributed by atoms with E-state index in [1.807, 2.05) is 24.3 Å². The van der Waals surface area contributed by atoms with E-state index in [4.69, 9.17) is 5.73 Å². The molecule has 2 aromatic rings. The van der Waals surface area contributed by atoms with Gasteiger partial charge in [0, 0.05) is 37.3 Å². The molecule has 3 heterocycles. The molecule has 4 rings (SSSR count). The van der Waals surface area contributed by atoms with Crippen LogP contribution < -0.4 is 11.1 Å². The van der Waals surface area contributed by atoms with Crippen LogP contribution in [-0.4, -0.2) is 44.7 Å². The standard InChI is InChI=1S/C20H26N6O2/c21-20(28)25-10-5-7-15(13-25)19(27)22-16-8-4-6-14(12-16)18-24-23-17-9-2-1-3-11-26(17)18/h4,6,8,12,15H,1-3,5,7,9-11,13H2,(H2,21,28)(H,22,27)/t15-/m0/s1. The Morgan fingerprint density at radius 3 is 2.86 bits per heavy atom. The lowest BCUT2D eigenvalue weighted by atomic mass is 9.97. The first-order valence-corrected chi connectivity index (χ1v) is 9.99. The zero-order valence-electron chi connectivity index (χ0n) is 15.9. The van der Waals surface area contributed by atoms with E-state index in [2.05, 4.69) is 20.1 Å². The van der Waals surface area contributed by atoms with Crippen LogP contribution in [0.4, 0.5) is 10.5 Å². The summed E-state index contributed by atoms with van der Waals surface area (Å²) in [6.07, 6.45) is 5.99. The lowest BCUT2D eigenvalue weighted by molar-refractivity contribution is -0.121. The highest BCUT2D eigenvalue weighted by molar-refractivity contribution is 5.93. The number of piperidine rings is 1. The normalized spacial score (nSPS) is 19.6. The van der Waals surface area contributed by atoms with Crippen LogP contribution in [0.3, 0.4) is 0 Å². The third-order valence-corrected chi connectivity index (χ3v) is 5.60. The van der Waals surface area contributed by atoms with Crippen LogP contribution in [0.2, 0.25) is 0 Å². The Morgan fingerprint density at radius 2 is 2.00 bits per heavy atom. The van der Waals surface area contributed by atoms with Gasteiger partial charge < -0.3 is 20.5 Å². The van der Waals surface area contributed by atoms with Crippen molar-refractivity contribution in [3.8, 4) is 11.4 Å². The Kier molecular flexibility index (Phi) is 5.27. The van der Waals surface area contributed by atoms with E-state index in [0.717, 1.165) is 61.5 Å². The van der Waals surface area contributed by atoms with Crippen molar-refractivity contribution in [2.75, 3.05) is 18.4 Å². The number of aryl methyl sites for hydroxylation is 1. The predicted octanol–water partition coefficient (Wildman–Crippen LogP) is 2.40. The summed E-state index contributed by atoms with van der Waals surface area (Å²) < 4.78 is 2.19. The average Bonchev–Trinajstić information content (AvgIpc) is 2.96. The number of urea groups is 1. The zero-order chi connectivity index (χ0) is 19.5. The van der Waals surface area contributed by atoms with Gasteiger partial charge in [0.1, 0.15) is 5.82 Å². The molecule has 0 saturated carbocycles. The van der Waals surface area contributed by atoms with Gasteiger partial charge >= 0.3 is 6.03 Å². The highest BCUT2D eigenvalue weighted by atomic mass is 16.2. The fraction of sp³-hybridized carbons (Fsp3) is 0.500. The SMILES string of the molecule is NC(=O)N1CCC[C@H](C(=O)Nc2cccc(-c3nnc4n3CCCCC4)c2)C1. The number of amides is 3. The lowest BCUT2D eigenvalue weighted by Crippen LogP contribution is -2.46. The van der Waals surface area contributed by atoms with Gasteiger partial charge in [-0.1, -0.05) is 18.6 Å². The molecule has 0 radical (unpaired) electrons. The van der Waals surface area contributed by atoms with Gasteiger partial charge in [-0.05, 0) is 37.8 Å². The summed E-state index contributed by atoms with van der Waals surface area (Å²) in [4.78, 5) is 25.6. The largest absolute Gasteiger partial charge is 0.351 e. The Morgan fingerprint density at radius 1 is 1.11 bits per heavy atom. The Hall–Kier alpha value is -2.90. The van der Waals surface area contributed by atoms with Crippen molar-refractivity contribution in [2.45, 2.75) is 45.1 Å². The molecule has 8 nitrogen and oxygen atoms in total. The number of rotatable bonds is 3. The van der Waals surface area contributed by atoms with Crippen LogP contribution in [0.25, 0.3) is 11.4 Å². The van der Waals surface area contributed by atoms with Gasteiger partial charge in [0.25, 0.3) is 0 Å². The average molecular weight is 382 g/mol. The maximum atomic E-state index is 12.7. The van der Waals surface area contributed by atoms with Gasteiger partial charge in [-0.2, -0.15) is 0 Å². The minimum atomic E-state index is -0.466. The number of aromatic nitrogens is 3. The van der Waals surface area contributed by atoms with E-state index >= 15 is 0 Å². The second-order valence-electron chi connectivity index (χ2n) is 7.60. The predicted molar refractivity (Wildman–Crippen MR) is 106 cm³/mol. The van der Waals surface area contributed by atoms with E-state index in [1.54, 1.807) is 0 Å². The number of hydrogen-bond donors (Lipinski definition) is 2. The first-order valence-electron chi connectivity index (χ1n) is 9.99. The van der Waals surface area contributed by atoms with Crippen LogP contribution in [-0.2, 0) is 17.8 Å². The molecule has 148 valence electrons. The third-order valence-electron chi connectivity index (χ3n) is 5.60. The molecule has 1 fully saturated rings. The first kappa shape index (κ1) is 18.5. The summed E-state index contributed by atoms with van der Waals surface area (Å²) in [5.74, 6) is 1.57. The van der Waals surface area contributed by atoms with Gasteiger partial charge in [-0.3, -0.25) is 4.79 Å². The topological polar surface area (TPSA) is 106 Å². The van der Waals surface area contributed by atoms with Crippen molar-refractivity contribution in [3.05, 3.63) is 30.1 Å². The maximum Gasteiger partial charge on any atom is 0.314 e. The second kappa shape index (κ2) is 8.00. The van der Waals surface area contributed by atoms with Crippen LogP contribution >= 0.6 is 0 Å². The highest BCUT2D eigenvalue weighted by Gasteiger charge is 2.27. The molecule has 1 saturated heterocycles. The molecule has 2 aliphatic rings. The van der Waals surface area contributed by atoms with Gasteiger partial charge in [0.15, 0.2) is 5.82 Å². The molecule has 3 amide bonds. The molecule has 0 aliphatic carbocycles. The number of primary amides is 1. The van der Waals surface area contributed by atoms with Crippen LogP contribution in [0, 0.1) is 5.92 Å². The quantitative estimate of drug-likeness (QED) is 0.850. The lowest BCUT2D eigenvalue weighted by Gasteiger charge is -2.30. The third kappa shape index (κ3) is 3.85. The van der Waals surface area contributed by atoms with E-state index in [1.165, 1.54) is 11.3 Å². The molecule has 0 bridgehead atoms. The summed E-state index contributed by atoms with van der Waals surface area (Å²) in [6, 6.07) is 7.25. The molecule has 0 spiro atoms. The fourth-order valence-corrected chi connectivity index (χ4v) is 4.07. The molecule has 28 heavy (non-hydrogen) atoms. The Bertz CT molecular complexity index is 877. The number of carbonyl (C=O) groups excluding carboxylic acids is 2. The van der Waals surface area contributed by atoms with E-state index in [0.29, 0.717) is 13.1 Å². The smallest absolute Gasteiger partial charge is 0.314 e. The number of carbonyl (C=O) groups is 2. The summed E-state index contributed by atoms with van der Waals surface area (Å²) in [7, 11) is 0. The number of fused-ring (bicyclic) bond motifs is 1. The summed E-state index contributed by atoms with van der Waals surface area (Å²) in [5, 5.41) is 11.7.